The molecule has 2 fully saturated rings. The molecule has 20 heavy (non-hydrogen) atoms. The van der Waals surface area contributed by atoms with Gasteiger partial charge in [0.2, 0.25) is 11.8 Å². The summed E-state index contributed by atoms with van der Waals surface area (Å²) >= 11 is 0. The van der Waals surface area contributed by atoms with Gasteiger partial charge in [0.15, 0.2) is 0 Å². The summed E-state index contributed by atoms with van der Waals surface area (Å²) in [5.41, 5.74) is -2.57. The minimum Gasteiger partial charge on any atom is -0.353 e. The minimum atomic E-state index is -1.02. The van der Waals surface area contributed by atoms with Gasteiger partial charge in [-0.25, -0.2) is 0 Å². The topological polar surface area (TPSA) is 82.3 Å². The van der Waals surface area contributed by atoms with Crippen LogP contribution >= 0.6 is 0 Å². The van der Waals surface area contributed by atoms with Crippen LogP contribution in [0.4, 0.5) is 0 Å². The van der Waals surface area contributed by atoms with Crippen molar-refractivity contribution >= 4 is 11.8 Å². The fourth-order valence-electron chi connectivity index (χ4n) is 3.22. The number of hydrogen-bond donors (Lipinski definition) is 4. The lowest BCUT2D eigenvalue weighted by Gasteiger charge is -2.56. The molecule has 2 aliphatic heterocycles. The van der Waals surface area contributed by atoms with Gasteiger partial charge in [-0.05, 0) is 41.5 Å². The molecule has 0 unspecified atom stereocenters. The highest BCUT2D eigenvalue weighted by Crippen LogP contribution is 2.32. The largest absolute Gasteiger partial charge is 0.353 e. The molecule has 2 amide bonds. The fraction of sp³-hybridized carbons (Fsp3) is 0.857. The molecule has 0 radical (unpaired) electrons. The van der Waals surface area contributed by atoms with Crippen LogP contribution in [0.3, 0.4) is 0 Å². The Bertz CT molecular complexity index is 418. The Morgan fingerprint density at radius 3 is 1.30 bits per heavy atom. The lowest BCUT2D eigenvalue weighted by atomic mass is 9.71. The van der Waals surface area contributed by atoms with Gasteiger partial charge in [-0.3, -0.25) is 20.2 Å². The first-order chi connectivity index (χ1) is 8.92. The van der Waals surface area contributed by atoms with Crippen LogP contribution in [0.2, 0.25) is 0 Å². The maximum Gasteiger partial charge on any atom is 0.242 e. The van der Waals surface area contributed by atoms with Crippen molar-refractivity contribution in [3.63, 3.8) is 0 Å². The van der Waals surface area contributed by atoms with E-state index in [9.17, 15) is 9.59 Å². The van der Waals surface area contributed by atoms with Gasteiger partial charge in [-0.1, -0.05) is 0 Å². The van der Waals surface area contributed by atoms with Gasteiger partial charge in [0.1, 0.15) is 11.1 Å². The number of carbonyl (C=O) groups is 2. The second-order valence-corrected chi connectivity index (χ2v) is 7.63. The van der Waals surface area contributed by atoms with Crippen LogP contribution < -0.4 is 21.3 Å². The zero-order valence-corrected chi connectivity index (χ0v) is 13.2. The van der Waals surface area contributed by atoms with Crippen LogP contribution in [0.1, 0.15) is 41.5 Å². The minimum absolute atomic E-state index is 0.153. The average Bonchev–Trinajstić information content (AvgIpc) is 2.28. The van der Waals surface area contributed by atoms with Crippen molar-refractivity contribution in [1.29, 1.82) is 0 Å². The summed E-state index contributed by atoms with van der Waals surface area (Å²) in [4.78, 5) is 24.9. The number of amides is 2. The number of piperazine rings is 2. The molecule has 4 N–H and O–H groups in total. The molecule has 0 bridgehead atoms. The fourth-order valence-corrected chi connectivity index (χ4v) is 3.22. The molecule has 114 valence electrons. The molecule has 0 aromatic carbocycles. The number of nitrogens with one attached hydrogen (secondary N) is 4. The molecule has 2 atom stereocenters. The quantitative estimate of drug-likeness (QED) is 0.522. The standard InChI is InChI=1S/C14H26N4O2/c1-11(2)7-15-9(19)13(5,17-11)14(6)10(20)16-8-12(3,4)18-14/h17-18H,7-8H2,1-6H3,(H,15,19)(H,16,20)/t13-,14+. The molecular weight excluding hydrogens is 256 g/mol. The molecule has 2 saturated heterocycles. The number of carbonyl (C=O) groups excluding carboxylic acids is 2. The van der Waals surface area contributed by atoms with Crippen molar-refractivity contribution in [1.82, 2.24) is 21.3 Å². The van der Waals surface area contributed by atoms with Crippen LogP contribution in [0.5, 0.6) is 0 Å². The van der Waals surface area contributed by atoms with Crippen molar-refractivity contribution < 1.29 is 9.59 Å². The smallest absolute Gasteiger partial charge is 0.242 e. The van der Waals surface area contributed by atoms with E-state index >= 15 is 0 Å². The third-order valence-corrected chi connectivity index (χ3v) is 4.47. The highest BCUT2D eigenvalue weighted by molar-refractivity contribution is 6.00. The average molecular weight is 282 g/mol. The van der Waals surface area contributed by atoms with Crippen LogP contribution in [0.25, 0.3) is 0 Å². The first-order valence-corrected chi connectivity index (χ1v) is 7.07. The summed E-state index contributed by atoms with van der Waals surface area (Å²) in [6.45, 7) is 12.7. The molecule has 2 heterocycles. The Labute approximate surface area is 120 Å². The number of hydrogen-bond acceptors (Lipinski definition) is 4. The first kappa shape index (κ1) is 15.3. The molecular formula is C14H26N4O2. The van der Waals surface area contributed by atoms with Gasteiger partial charge in [-0.15, -0.1) is 0 Å². The maximum atomic E-state index is 12.5. The molecule has 0 aliphatic carbocycles. The molecule has 6 nitrogen and oxygen atoms in total. The Morgan fingerprint density at radius 1 is 0.700 bits per heavy atom. The second kappa shape index (κ2) is 4.18. The van der Waals surface area contributed by atoms with Gasteiger partial charge >= 0.3 is 0 Å². The Morgan fingerprint density at radius 2 is 1.00 bits per heavy atom. The van der Waals surface area contributed by atoms with E-state index in [4.69, 9.17) is 0 Å². The van der Waals surface area contributed by atoms with E-state index in [1.165, 1.54) is 0 Å². The summed E-state index contributed by atoms with van der Waals surface area (Å²) < 4.78 is 0. The summed E-state index contributed by atoms with van der Waals surface area (Å²) in [7, 11) is 0. The summed E-state index contributed by atoms with van der Waals surface area (Å²) in [6.07, 6.45) is 0. The van der Waals surface area contributed by atoms with Crippen molar-refractivity contribution in [3.8, 4) is 0 Å². The molecule has 0 spiro atoms. The van der Waals surface area contributed by atoms with Crippen molar-refractivity contribution in [3.05, 3.63) is 0 Å². The van der Waals surface area contributed by atoms with E-state index in [1.54, 1.807) is 13.8 Å². The van der Waals surface area contributed by atoms with E-state index in [2.05, 4.69) is 21.3 Å². The Balaban J connectivity index is 2.44. The lowest BCUT2D eigenvalue weighted by molar-refractivity contribution is -0.147. The zero-order chi connectivity index (χ0) is 15.4. The Hall–Kier alpha value is -1.14. The van der Waals surface area contributed by atoms with Gasteiger partial charge in [0.05, 0.1) is 0 Å². The molecule has 0 aromatic rings. The molecule has 6 heteroatoms. The van der Waals surface area contributed by atoms with Crippen LogP contribution in [-0.4, -0.2) is 47.1 Å². The van der Waals surface area contributed by atoms with E-state index in [-0.39, 0.29) is 22.9 Å². The van der Waals surface area contributed by atoms with Gasteiger partial charge in [-0.2, -0.15) is 0 Å². The van der Waals surface area contributed by atoms with E-state index in [0.29, 0.717) is 13.1 Å². The maximum absolute atomic E-state index is 12.5. The molecule has 2 rings (SSSR count). The number of rotatable bonds is 1. The van der Waals surface area contributed by atoms with Gasteiger partial charge < -0.3 is 10.6 Å². The highest BCUT2D eigenvalue weighted by atomic mass is 16.2. The van der Waals surface area contributed by atoms with Crippen LogP contribution in [-0.2, 0) is 9.59 Å². The zero-order valence-electron chi connectivity index (χ0n) is 13.2. The monoisotopic (exact) mass is 282 g/mol. The van der Waals surface area contributed by atoms with Crippen molar-refractivity contribution in [2.45, 2.75) is 63.7 Å². The van der Waals surface area contributed by atoms with Crippen molar-refractivity contribution in [2.24, 2.45) is 0 Å². The third-order valence-electron chi connectivity index (χ3n) is 4.47. The third kappa shape index (κ3) is 2.20. The summed E-state index contributed by atoms with van der Waals surface area (Å²) in [5, 5.41) is 12.5. The second-order valence-electron chi connectivity index (χ2n) is 7.63. The Kier molecular flexibility index (Phi) is 3.19. The van der Waals surface area contributed by atoms with Gasteiger partial charge in [0, 0.05) is 24.2 Å². The van der Waals surface area contributed by atoms with E-state index in [0.717, 1.165) is 0 Å². The highest BCUT2D eigenvalue weighted by Gasteiger charge is 2.61. The molecule has 0 saturated carbocycles. The summed E-state index contributed by atoms with van der Waals surface area (Å²) in [5.74, 6) is -0.306. The molecule has 2 aliphatic rings. The van der Waals surface area contributed by atoms with Crippen molar-refractivity contribution in [2.75, 3.05) is 13.1 Å². The predicted octanol–water partition coefficient (Wildman–Crippen LogP) is -0.500. The van der Waals surface area contributed by atoms with E-state index < -0.39 is 11.1 Å². The normalized spacial score (nSPS) is 39.9. The van der Waals surface area contributed by atoms with Crippen LogP contribution in [0.15, 0.2) is 0 Å². The SMILES string of the molecule is CC1(C)CNC(=O)[C@@](C)([C@]2(C)NC(C)(C)CNC2=O)N1. The summed E-state index contributed by atoms with van der Waals surface area (Å²) in [6, 6.07) is 0. The van der Waals surface area contributed by atoms with E-state index in [1.807, 2.05) is 27.7 Å². The first-order valence-electron chi connectivity index (χ1n) is 7.07. The predicted molar refractivity (Wildman–Crippen MR) is 77.3 cm³/mol. The lowest BCUT2D eigenvalue weighted by Crippen LogP contribution is -2.86. The molecule has 0 aromatic heterocycles. The van der Waals surface area contributed by atoms with Gasteiger partial charge in [0.25, 0.3) is 0 Å². The van der Waals surface area contributed by atoms with Crippen LogP contribution in [0, 0.1) is 0 Å².